The van der Waals surface area contributed by atoms with Gasteiger partial charge in [0.15, 0.2) is 0 Å². The van der Waals surface area contributed by atoms with Crippen LogP contribution in [0, 0.1) is 0 Å². The SMILES string of the molecule is CCC(C)Oc1cccc(Nc2nc(Nc3ccc(OC(C)(C)C)cc3)ncc2C(F)(F)F)c1. The third kappa shape index (κ3) is 7.26. The zero-order valence-corrected chi connectivity index (χ0v) is 19.8. The Morgan fingerprint density at radius 3 is 2.26 bits per heavy atom. The minimum atomic E-state index is -4.63. The van der Waals surface area contributed by atoms with Crippen LogP contribution in [0.1, 0.15) is 46.6 Å². The molecule has 182 valence electrons. The van der Waals surface area contributed by atoms with E-state index in [2.05, 4.69) is 20.6 Å². The molecule has 0 saturated carbocycles. The van der Waals surface area contributed by atoms with E-state index in [4.69, 9.17) is 9.47 Å². The maximum Gasteiger partial charge on any atom is 0.421 e. The van der Waals surface area contributed by atoms with E-state index in [9.17, 15) is 13.2 Å². The minimum Gasteiger partial charge on any atom is -0.491 e. The van der Waals surface area contributed by atoms with Crippen molar-refractivity contribution in [3.63, 3.8) is 0 Å². The number of rotatable bonds is 8. The third-order valence-corrected chi connectivity index (χ3v) is 4.64. The molecule has 3 rings (SSSR count). The van der Waals surface area contributed by atoms with Gasteiger partial charge >= 0.3 is 6.18 Å². The van der Waals surface area contributed by atoms with Crippen molar-refractivity contribution in [3.05, 3.63) is 60.3 Å². The first-order valence-corrected chi connectivity index (χ1v) is 11.0. The van der Waals surface area contributed by atoms with E-state index in [0.717, 1.165) is 12.6 Å². The van der Waals surface area contributed by atoms with E-state index in [1.165, 1.54) is 0 Å². The molecule has 2 aromatic carbocycles. The molecule has 1 atom stereocenters. The summed E-state index contributed by atoms with van der Waals surface area (Å²) in [7, 11) is 0. The highest BCUT2D eigenvalue weighted by atomic mass is 19.4. The fourth-order valence-corrected chi connectivity index (χ4v) is 2.93. The van der Waals surface area contributed by atoms with E-state index in [-0.39, 0.29) is 23.5 Å². The Labute approximate surface area is 197 Å². The van der Waals surface area contributed by atoms with E-state index in [0.29, 0.717) is 22.9 Å². The summed E-state index contributed by atoms with van der Waals surface area (Å²) in [6, 6.07) is 13.7. The number of anilines is 4. The Morgan fingerprint density at radius 1 is 0.941 bits per heavy atom. The second-order valence-electron chi connectivity index (χ2n) is 8.81. The fraction of sp³-hybridized carbons (Fsp3) is 0.360. The summed E-state index contributed by atoms with van der Waals surface area (Å²) in [5.41, 5.74) is -0.293. The molecule has 1 heterocycles. The van der Waals surface area contributed by atoms with Gasteiger partial charge < -0.3 is 20.1 Å². The van der Waals surface area contributed by atoms with Crippen LogP contribution in [0.2, 0.25) is 0 Å². The standard InChI is InChI=1S/C25H29F3N4O2/c1-6-16(2)33-20-9-7-8-18(14-20)30-22-21(25(26,27)28)15-29-23(32-22)31-17-10-12-19(13-11-17)34-24(3,4)5/h7-16H,6H2,1-5H3,(H2,29,30,31,32). The molecule has 6 nitrogen and oxygen atoms in total. The van der Waals surface area contributed by atoms with Gasteiger partial charge in [-0.25, -0.2) is 4.98 Å². The second kappa shape index (κ2) is 10.2. The first-order valence-electron chi connectivity index (χ1n) is 11.0. The lowest BCUT2D eigenvalue weighted by Crippen LogP contribution is -2.22. The van der Waals surface area contributed by atoms with E-state index >= 15 is 0 Å². The summed E-state index contributed by atoms with van der Waals surface area (Å²) < 4.78 is 52.4. The smallest absolute Gasteiger partial charge is 0.421 e. The van der Waals surface area contributed by atoms with Gasteiger partial charge in [0.2, 0.25) is 5.95 Å². The maximum absolute atomic E-state index is 13.6. The maximum atomic E-state index is 13.6. The predicted octanol–water partition coefficient (Wildman–Crippen LogP) is 7.34. The first kappa shape index (κ1) is 25.1. The van der Waals surface area contributed by atoms with Gasteiger partial charge in [-0.15, -0.1) is 0 Å². The summed E-state index contributed by atoms with van der Waals surface area (Å²) in [5.74, 6) is 0.886. The number of ether oxygens (including phenoxy) is 2. The van der Waals surface area contributed by atoms with Crippen molar-refractivity contribution >= 4 is 23.1 Å². The molecular weight excluding hydrogens is 445 g/mol. The summed E-state index contributed by atoms with van der Waals surface area (Å²) in [4.78, 5) is 7.95. The number of hydrogen-bond donors (Lipinski definition) is 2. The molecule has 9 heteroatoms. The van der Waals surface area contributed by atoms with Crippen LogP contribution in [0.25, 0.3) is 0 Å². The van der Waals surface area contributed by atoms with Crippen molar-refractivity contribution in [1.82, 2.24) is 9.97 Å². The van der Waals surface area contributed by atoms with Crippen LogP contribution in [-0.4, -0.2) is 21.7 Å². The van der Waals surface area contributed by atoms with Crippen molar-refractivity contribution in [1.29, 1.82) is 0 Å². The summed E-state index contributed by atoms with van der Waals surface area (Å²) in [6.07, 6.45) is -3.08. The Hall–Kier alpha value is -3.49. The average Bonchev–Trinajstić information content (AvgIpc) is 2.73. The molecule has 1 aromatic heterocycles. The molecule has 0 aliphatic rings. The Balaban J connectivity index is 1.84. The van der Waals surface area contributed by atoms with Crippen LogP contribution < -0.4 is 20.1 Å². The zero-order chi connectivity index (χ0) is 24.9. The van der Waals surface area contributed by atoms with Crippen molar-refractivity contribution in [3.8, 4) is 11.5 Å². The van der Waals surface area contributed by atoms with Crippen molar-refractivity contribution in [2.45, 2.75) is 58.9 Å². The number of hydrogen-bond acceptors (Lipinski definition) is 6. The molecule has 1 unspecified atom stereocenters. The molecule has 0 spiro atoms. The van der Waals surface area contributed by atoms with Gasteiger partial charge in [-0.2, -0.15) is 18.2 Å². The molecule has 3 aromatic rings. The van der Waals surface area contributed by atoms with Crippen LogP contribution in [0.3, 0.4) is 0 Å². The molecule has 34 heavy (non-hydrogen) atoms. The minimum absolute atomic E-state index is 0.0176. The Morgan fingerprint density at radius 2 is 1.65 bits per heavy atom. The highest BCUT2D eigenvalue weighted by molar-refractivity contribution is 5.64. The van der Waals surface area contributed by atoms with Gasteiger partial charge in [-0.05, 0) is 70.5 Å². The molecule has 0 aliphatic carbocycles. The van der Waals surface area contributed by atoms with E-state index in [1.807, 2.05) is 34.6 Å². The van der Waals surface area contributed by atoms with Crippen LogP contribution in [0.4, 0.5) is 36.3 Å². The number of nitrogens with one attached hydrogen (secondary N) is 2. The highest BCUT2D eigenvalue weighted by Crippen LogP contribution is 2.36. The lowest BCUT2D eigenvalue weighted by atomic mass is 10.2. The zero-order valence-electron chi connectivity index (χ0n) is 19.8. The third-order valence-electron chi connectivity index (χ3n) is 4.64. The van der Waals surface area contributed by atoms with Crippen molar-refractivity contribution in [2.75, 3.05) is 10.6 Å². The lowest BCUT2D eigenvalue weighted by Gasteiger charge is -2.21. The van der Waals surface area contributed by atoms with Gasteiger partial charge in [0.05, 0.1) is 6.10 Å². The number of alkyl halides is 3. The molecular formula is C25H29F3N4O2. The number of halogens is 3. The molecule has 0 amide bonds. The largest absolute Gasteiger partial charge is 0.491 e. The molecule has 0 saturated heterocycles. The van der Waals surface area contributed by atoms with Crippen LogP contribution in [0.5, 0.6) is 11.5 Å². The van der Waals surface area contributed by atoms with Crippen LogP contribution in [-0.2, 0) is 6.18 Å². The van der Waals surface area contributed by atoms with Crippen molar-refractivity contribution in [2.24, 2.45) is 0 Å². The Bertz CT molecular complexity index is 1100. The van der Waals surface area contributed by atoms with Gasteiger partial charge in [-0.3, -0.25) is 0 Å². The lowest BCUT2D eigenvalue weighted by molar-refractivity contribution is -0.137. The van der Waals surface area contributed by atoms with Crippen molar-refractivity contribution < 1.29 is 22.6 Å². The average molecular weight is 475 g/mol. The van der Waals surface area contributed by atoms with Crippen LogP contribution >= 0.6 is 0 Å². The number of benzene rings is 2. The topological polar surface area (TPSA) is 68.3 Å². The summed E-state index contributed by atoms with van der Waals surface area (Å²) in [5, 5.41) is 5.69. The van der Waals surface area contributed by atoms with Gasteiger partial charge in [0.25, 0.3) is 0 Å². The summed E-state index contributed by atoms with van der Waals surface area (Å²) >= 11 is 0. The monoisotopic (exact) mass is 474 g/mol. The second-order valence-corrected chi connectivity index (χ2v) is 8.81. The fourth-order valence-electron chi connectivity index (χ4n) is 2.93. The van der Waals surface area contributed by atoms with Crippen LogP contribution in [0.15, 0.2) is 54.7 Å². The van der Waals surface area contributed by atoms with E-state index in [1.54, 1.807) is 48.5 Å². The predicted molar refractivity (Wildman–Crippen MR) is 127 cm³/mol. The Kier molecular flexibility index (Phi) is 7.54. The highest BCUT2D eigenvalue weighted by Gasteiger charge is 2.35. The normalized spacial score (nSPS) is 12.7. The number of nitrogens with zero attached hydrogens (tertiary/aromatic N) is 2. The quantitative estimate of drug-likeness (QED) is 0.356. The number of aromatic nitrogens is 2. The molecule has 0 bridgehead atoms. The first-order chi connectivity index (χ1) is 15.9. The molecule has 2 N–H and O–H groups in total. The van der Waals surface area contributed by atoms with Gasteiger partial charge in [0.1, 0.15) is 28.5 Å². The molecule has 0 fully saturated rings. The molecule has 0 radical (unpaired) electrons. The van der Waals surface area contributed by atoms with E-state index < -0.39 is 11.7 Å². The molecule has 0 aliphatic heterocycles. The van der Waals surface area contributed by atoms with Gasteiger partial charge in [-0.1, -0.05) is 13.0 Å². The van der Waals surface area contributed by atoms with Gasteiger partial charge in [0, 0.05) is 23.6 Å². The summed E-state index contributed by atoms with van der Waals surface area (Å²) in [6.45, 7) is 9.73.